The molecule has 0 unspecified atom stereocenters. The number of hydrogen-bond donors (Lipinski definition) is 2. The zero-order chi connectivity index (χ0) is 10.7. The van der Waals surface area contributed by atoms with Crippen molar-refractivity contribution in [3.8, 4) is 0 Å². The smallest absolute Gasteiger partial charge is 0.212 e. The molecule has 1 saturated heterocycles. The lowest BCUT2D eigenvalue weighted by atomic mass is 9.92. The van der Waals surface area contributed by atoms with Gasteiger partial charge in [-0.25, -0.2) is 13.1 Å². The van der Waals surface area contributed by atoms with Crippen LogP contribution < -0.4 is 10.0 Å². The van der Waals surface area contributed by atoms with Gasteiger partial charge >= 0.3 is 0 Å². The Bertz CT molecular complexity index is 274. The minimum atomic E-state index is -3.07. The van der Waals surface area contributed by atoms with Gasteiger partial charge in [-0.2, -0.15) is 0 Å². The van der Waals surface area contributed by atoms with Crippen molar-refractivity contribution in [3.05, 3.63) is 0 Å². The Morgan fingerprint density at radius 2 is 1.87 bits per heavy atom. The zero-order valence-electron chi connectivity index (χ0n) is 9.38. The van der Waals surface area contributed by atoms with Crippen molar-refractivity contribution in [2.24, 2.45) is 0 Å². The molecule has 1 aliphatic rings. The molecular weight excluding hydrogens is 236 g/mol. The van der Waals surface area contributed by atoms with E-state index in [1.54, 1.807) is 0 Å². The molecule has 0 radical (unpaired) electrons. The predicted octanol–water partition coefficient (Wildman–Crippen LogP) is 0.880. The lowest BCUT2D eigenvalue weighted by Crippen LogP contribution is -2.52. The van der Waals surface area contributed by atoms with Gasteiger partial charge < -0.3 is 5.32 Å². The summed E-state index contributed by atoms with van der Waals surface area (Å²) in [6, 6.07) is 0. The molecule has 1 rings (SSSR count). The molecule has 0 atom stereocenters. The first kappa shape index (κ1) is 15.2. The van der Waals surface area contributed by atoms with Gasteiger partial charge in [0.25, 0.3) is 0 Å². The number of halogens is 1. The summed E-state index contributed by atoms with van der Waals surface area (Å²) < 4.78 is 25.9. The summed E-state index contributed by atoms with van der Waals surface area (Å²) in [5.74, 6) is 0.232. The number of piperidine rings is 1. The van der Waals surface area contributed by atoms with Crippen LogP contribution in [0, 0.1) is 0 Å². The highest BCUT2D eigenvalue weighted by Gasteiger charge is 2.30. The monoisotopic (exact) mass is 256 g/mol. The molecule has 0 aromatic carbocycles. The predicted molar refractivity (Wildman–Crippen MR) is 65.0 cm³/mol. The average Bonchev–Trinajstić information content (AvgIpc) is 2.02. The summed E-state index contributed by atoms with van der Waals surface area (Å²) in [5.41, 5.74) is -0.237. The third-order valence-corrected chi connectivity index (χ3v) is 4.33. The fraction of sp³-hybridized carbons (Fsp3) is 1.00. The molecule has 92 valence electrons. The normalized spacial score (nSPS) is 20.7. The summed E-state index contributed by atoms with van der Waals surface area (Å²) in [6.07, 6.45) is 2.41. The van der Waals surface area contributed by atoms with E-state index in [1.807, 2.05) is 13.8 Å². The van der Waals surface area contributed by atoms with E-state index >= 15 is 0 Å². The van der Waals surface area contributed by atoms with Crippen LogP contribution in [-0.2, 0) is 10.0 Å². The molecule has 0 aromatic heterocycles. The maximum Gasteiger partial charge on any atom is 0.212 e. The Morgan fingerprint density at radius 3 is 2.33 bits per heavy atom. The quantitative estimate of drug-likeness (QED) is 0.785. The largest absolute Gasteiger partial charge is 0.317 e. The van der Waals surface area contributed by atoms with Crippen LogP contribution in [-0.4, -0.2) is 32.8 Å². The molecular formula is C9H21ClN2O2S. The Balaban J connectivity index is 0.00000196. The maximum atomic E-state index is 11.6. The molecule has 0 spiro atoms. The van der Waals surface area contributed by atoms with Crippen molar-refractivity contribution < 1.29 is 8.42 Å². The van der Waals surface area contributed by atoms with Crippen LogP contribution in [0.5, 0.6) is 0 Å². The fourth-order valence-electron chi connectivity index (χ4n) is 1.78. The maximum absolute atomic E-state index is 11.6. The summed E-state index contributed by atoms with van der Waals surface area (Å²) in [4.78, 5) is 0. The number of rotatable bonds is 4. The van der Waals surface area contributed by atoms with Crippen molar-refractivity contribution in [1.82, 2.24) is 10.0 Å². The number of nitrogens with one attached hydrogen (secondary N) is 2. The third kappa shape index (κ3) is 5.15. The molecule has 0 amide bonds. The lowest BCUT2D eigenvalue weighted by molar-refractivity contribution is 0.308. The van der Waals surface area contributed by atoms with Gasteiger partial charge in [-0.05, 0) is 39.3 Å². The molecule has 0 aromatic rings. The minimum Gasteiger partial charge on any atom is -0.317 e. The summed E-state index contributed by atoms with van der Waals surface area (Å²) in [6.45, 7) is 5.65. The average molecular weight is 257 g/mol. The highest BCUT2D eigenvalue weighted by Crippen LogP contribution is 2.18. The summed E-state index contributed by atoms with van der Waals surface area (Å²) in [7, 11) is -3.07. The van der Waals surface area contributed by atoms with E-state index < -0.39 is 10.0 Å². The second kappa shape index (κ2) is 6.03. The second-order valence-electron chi connectivity index (χ2n) is 4.23. The van der Waals surface area contributed by atoms with Crippen LogP contribution in [0.15, 0.2) is 0 Å². The molecule has 15 heavy (non-hydrogen) atoms. The van der Waals surface area contributed by atoms with Gasteiger partial charge in [0, 0.05) is 5.54 Å². The Morgan fingerprint density at radius 1 is 1.33 bits per heavy atom. The van der Waals surface area contributed by atoms with Crippen LogP contribution in [0.1, 0.15) is 33.1 Å². The molecule has 4 nitrogen and oxygen atoms in total. The van der Waals surface area contributed by atoms with Crippen LogP contribution in [0.25, 0.3) is 0 Å². The van der Waals surface area contributed by atoms with Gasteiger partial charge in [-0.15, -0.1) is 12.4 Å². The van der Waals surface area contributed by atoms with Crippen molar-refractivity contribution in [2.75, 3.05) is 18.8 Å². The molecule has 6 heteroatoms. The van der Waals surface area contributed by atoms with Gasteiger partial charge in [-0.3, -0.25) is 0 Å². The van der Waals surface area contributed by atoms with Crippen LogP contribution >= 0.6 is 12.4 Å². The second-order valence-corrected chi connectivity index (χ2v) is 6.07. The fourth-order valence-corrected chi connectivity index (χ4v) is 3.37. The van der Waals surface area contributed by atoms with E-state index in [0.717, 1.165) is 25.9 Å². The van der Waals surface area contributed by atoms with Crippen LogP contribution in [0.4, 0.5) is 0 Å². The molecule has 0 aliphatic carbocycles. The number of hydrogen-bond acceptors (Lipinski definition) is 3. The SMILES string of the molecule is CCCS(=O)(=O)NC1(C)CCNCC1.Cl. The van der Waals surface area contributed by atoms with E-state index in [-0.39, 0.29) is 23.7 Å². The van der Waals surface area contributed by atoms with Crippen molar-refractivity contribution in [1.29, 1.82) is 0 Å². The van der Waals surface area contributed by atoms with Crippen molar-refractivity contribution >= 4 is 22.4 Å². The summed E-state index contributed by atoms with van der Waals surface area (Å²) in [5, 5.41) is 3.22. The van der Waals surface area contributed by atoms with Gasteiger partial charge in [0.15, 0.2) is 0 Å². The Labute approximate surface area is 98.7 Å². The first-order valence-electron chi connectivity index (χ1n) is 5.20. The lowest BCUT2D eigenvalue weighted by Gasteiger charge is -2.34. The molecule has 0 saturated carbocycles. The highest BCUT2D eigenvalue weighted by molar-refractivity contribution is 7.89. The highest BCUT2D eigenvalue weighted by atomic mass is 35.5. The first-order chi connectivity index (χ1) is 6.47. The van der Waals surface area contributed by atoms with Gasteiger partial charge in [0.2, 0.25) is 10.0 Å². The summed E-state index contributed by atoms with van der Waals surface area (Å²) >= 11 is 0. The molecule has 0 bridgehead atoms. The van der Waals surface area contributed by atoms with Gasteiger partial charge in [0.1, 0.15) is 0 Å². The Kier molecular flexibility index (Phi) is 6.10. The first-order valence-corrected chi connectivity index (χ1v) is 6.85. The molecule has 1 fully saturated rings. The number of sulfonamides is 1. The third-order valence-electron chi connectivity index (χ3n) is 2.58. The standard InChI is InChI=1S/C9H20N2O2S.ClH/c1-3-8-14(12,13)11-9(2)4-6-10-7-5-9;/h10-11H,3-8H2,1-2H3;1H. The van der Waals surface area contributed by atoms with E-state index in [1.165, 1.54) is 0 Å². The van der Waals surface area contributed by atoms with Crippen LogP contribution in [0.2, 0.25) is 0 Å². The van der Waals surface area contributed by atoms with E-state index in [4.69, 9.17) is 0 Å². The van der Waals surface area contributed by atoms with Gasteiger partial charge in [0.05, 0.1) is 5.75 Å². The molecule has 1 aliphatic heterocycles. The molecule has 1 heterocycles. The van der Waals surface area contributed by atoms with E-state index in [0.29, 0.717) is 6.42 Å². The van der Waals surface area contributed by atoms with Crippen molar-refractivity contribution in [3.63, 3.8) is 0 Å². The van der Waals surface area contributed by atoms with E-state index in [9.17, 15) is 8.42 Å². The zero-order valence-corrected chi connectivity index (χ0v) is 11.0. The van der Waals surface area contributed by atoms with Crippen molar-refractivity contribution in [2.45, 2.75) is 38.6 Å². The topological polar surface area (TPSA) is 58.2 Å². The molecule has 2 N–H and O–H groups in total. The minimum absolute atomic E-state index is 0. The van der Waals surface area contributed by atoms with E-state index in [2.05, 4.69) is 10.0 Å². The van der Waals surface area contributed by atoms with Gasteiger partial charge in [-0.1, -0.05) is 6.92 Å². The Hall–Kier alpha value is 0.160. The van der Waals surface area contributed by atoms with Crippen LogP contribution in [0.3, 0.4) is 0 Å².